The van der Waals surface area contributed by atoms with Gasteiger partial charge in [-0.3, -0.25) is 4.79 Å². The Labute approximate surface area is 78.6 Å². The lowest BCUT2D eigenvalue weighted by atomic mass is 10.3. The molecule has 0 aromatic heterocycles. The first-order chi connectivity index (χ1) is 5.50. The third-order valence-electron chi connectivity index (χ3n) is 1.76. The number of carbonyl (C=O) groups is 1. The number of ether oxygens (including phenoxy) is 1. The fourth-order valence-electron chi connectivity index (χ4n) is 0.851. The molecule has 3 nitrogen and oxygen atoms in total. The molecule has 0 fully saturated rings. The van der Waals surface area contributed by atoms with Crippen LogP contribution in [-0.2, 0) is 9.53 Å². The minimum absolute atomic E-state index is 0.0683. The number of hydrogen-bond acceptors (Lipinski definition) is 2. The van der Waals surface area contributed by atoms with Crippen molar-refractivity contribution in [3.63, 3.8) is 0 Å². The van der Waals surface area contributed by atoms with Crippen molar-refractivity contribution in [3.8, 4) is 0 Å². The number of likely N-dealkylation sites (N-methyl/N-ethyl adjacent to an activating group) is 1. The minimum atomic E-state index is -0.464. The highest BCUT2D eigenvalue weighted by atomic mass is 35.5. The molecule has 0 aliphatic rings. The van der Waals surface area contributed by atoms with Crippen molar-refractivity contribution < 1.29 is 9.53 Å². The summed E-state index contributed by atoms with van der Waals surface area (Å²) < 4.78 is 4.92. The Hall–Kier alpha value is -0.280. The lowest BCUT2D eigenvalue weighted by molar-refractivity contribution is -0.131. The molecule has 0 saturated heterocycles. The summed E-state index contributed by atoms with van der Waals surface area (Å²) in [6, 6.07) is 0.0729. The van der Waals surface area contributed by atoms with Crippen LogP contribution in [0.15, 0.2) is 0 Å². The van der Waals surface area contributed by atoms with Gasteiger partial charge in [0.2, 0.25) is 5.91 Å². The van der Waals surface area contributed by atoms with Crippen LogP contribution < -0.4 is 0 Å². The number of alkyl halides is 1. The normalized spacial score (nSPS) is 15.4. The van der Waals surface area contributed by atoms with E-state index in [-0.39, 0.29) is 11.9 Å². The van der Waals surface area contributed by atoms with Gasteiger partial charge in [-0.1, -0.05) is 0 Å². The molecule has 0 aromatic carbocycles. The number of rotatable bonds is 4. The quantitative estimate of drug-likeness (QED) is 0.626. The Morgan fingerprint density at radius 2 is 2.08 bits per heavy atom. The molecule has 0 heterocycles. The van der Waals surface area contributed by atoms with Crippen LogP contribution in [-0.4, -0.2) is 43.0 Å². The van der Waals surface area contributed by atoms with Gasteiger partial charge in [-0.25, -0.2) is 0 Å². The van der Waals surface area contributed by atoms with Gasteiger partial charge in [0.1, 0.15) is 5.38 Å². The number of carbonyl (C=O) groups excluding carboxylic acids is 1. The molecule has 1 amide bonds. The third kappa shape index (κ3) is 3.41. The molecule has 2 atom stereocenters. The predicted octanol–water partition coefficient (Wildman–Crippen LogP) is 1.11. The topological polar surface area (TPSA) is 29.5 Å². The zero-order valence-corrected chi connectivity index (χ0v) is 8.76. The number of nitrogens with zero attached hydrogens (tertiary/aromatic N) is 1. The maximum atomic E-state index is 11.3. The molecule has 4 heteroatoms. The van der Waals surface area contributed by atoms with Crippen molar-refractivity contribution >= 4 is 17.5 Å². The number of amides is 1. The Morgan fingerprint density at radius 1 is 1.58 bits per heavy atom. The summed E-state index contributed by atoms with van der Waals surface area (Å²) in [7, 11) is 3.34. The molecule has 0 radical (unpaired) electrons. The van der Waals surface area contributed by atoms with Crippen LogP contribution in [0.1, 0.15) is 13.8 Å². The Bertz CT molecular complexity index is 150. The van der Waals surface area contributed by atoms with E-state index in [4.69, 9.17) is 16.3 Å². The minimum Gasteiger partial charge on any atom is -0.383 e. The highest BCUT2D eigenvalue weighted by molar-refractivity contribution is 6.30. The van der Waals surface area contributed by atoms with E-state index in [1.165, 1.54) is 0 Å². The molecule has 0 saturated carbocycles. The molecule has 0 N–H and O–H groups in total. The average molecular weight is 194 g/mol. The summed E-state index contributed by atoms with van der Waals surface area (Å²) in [5.41, 5.74) is 0. The molecule has 0 bridgehead atoms. The second-order valence-electron chi connectivity index (χ2n) is 2.87. The van der Waals surface area contributed by atoms with E-state index in [1.54, 1.807) is 26.0 Å². The third-order valence-corrected chi connectivity index (χ3v) is 1.94. The zero-order valence-electron chi connectivity index (χ0n) is 8.00. The van der Waals surface area contributed by atoms with Gasteiger partial charge < -0.3 is 9.64 Å². The van der Waals surface area contributed by atoms with E-state index in [2.05, 4.69) is 0 Å². The van der Waals surface area contributed by atoms with E-state index >= 15 is 0 Å². The summed E-state index contributed by atoms with van der Waals surface area (Å²) in [4.78, 5) is 12.9. The van der Waals surface area contributed by atoms with Gasteiger partial charge in [-0.15, -0.1) is 11.6 Å². The molecule has 72 valence electrons. The van der Waals surface area contributed by atoms with Crippen LogP contribution in [0.5, 0.6) is 0 Å². The number of methoxy groups -OCH3 is 1. The fourth-order valence-corrected chi connectivity index (χ4v) is 1.00. The van der Waals surface area contributed by atoms with Gasteiger partial charge in [0, 0.05) is 14.2 Å². The van der Waals surface area contributed by atoms with Gasteiger partial charge in [-0.2, -0.15) is 0 Å². The smallest absolute Gasteiger partial charge is 0.240 e. The highest BCUT2D eigenvalue weighted by Gasteiger charge is 2.19. The molecule has 0 rings (SSSR count). The van der Waals surface area contributed by atoms with Crippen molar-refractivity contribution in [1.29, 1.82) is 0 Å². The summed E-state index contributed by atoms with van der Waals surface area (Å²) >= 11 is 5.64. The molecule has 0 aliphatic heterocycles. The maximum Gasteiger partial charge on any atom is 0.240 e. The molecule has 12 heavy (non-hydrogen) atoms. The average Bonchev–Trinajstić information content (AvgIpc) is 2.02. The SMILES string of the molecule is COCC(C)N(C)C(=O)C(C)Cl. The first kappa shape index (κ1) is 11.7. The Balaban J connectivity index is 4.00. The van der Waals surface area contributed by atoms with Crippen LogP contribution in [0, 0.1) is 0 Å². The standard InChI is InChI=1S/C8H16ClNO2/c1-6(5-12-4)10(3)8(11)7(2)9/h6-7H,5H2,1-4H3. The van der Waals surface area contributed by atoms with Crippen LogP contribution in [0.3, 0.4) is 0 Å². The largest absolute Gasteiger partial charge is 0.383 e. The second-order valence-corrected chi connectivity index (χ2v) is 3.52. The lowest BCUT2D eigenvalue weighted by Gasteiger charge is -2.25. The van der Waals surface area contributed by atoms with Crippen molar-refractivity contribution in [3.05, 3.63) is 0 Å². The Morgan fingerprint density at radius 3 is 2.42 bits per heavy atom. The van der Waals surface area contributed by atoms with E-state index in [9.17, 15) is 4.79 Å². The van der Waals surface area contributed by atoms with Crippen LogP contribution in [0.2, 0.25) is 0 Å². The van der Waals surface area contributed by atoms with Crippen LogP contribution >= 0.6 is 11.6 Å². The van der Waals surface area contributed by atoms with Crippen molar-refractivity contribution in [1.82, 2.24) is 4.90 Å². The van der Waals surface area contributed by atoms with Gasteiger partial charge >= 0.3 is 0 Å². The maximum absolute atomic E-state index is 11.3. The summed E-state index contributed by atoms with van der Waals surface area (Å²) in [5, 5.41) is -0.464. The summed E-state index contributed by atoms with van der Waals surface area (Å²) in [5.74, 6) is -0.0683. The fraction of sp³-hybridized carbons (Fsp3) is 0.875. The van der Waals surface area contributed by atoms with Crippen LogP contribution in [0.25, 0.3) is 0 Å². The van der Waals surface area contributed by atoms with E-state index < -0.39 is 5.38 Å². The van der Waals surface area contributed by atoms with E-state index in [1.807, 2.05) is 6.92 Å². The molecule has 2 unspecified atom stereocenters. The predicted molar refractivity (Wildman–Crippen MR) is 49.4 cm³/mol. The summed E-state index contributed by atoms with van der Waals surface area (Å²) in [6.45, 7) is 4.12. The van der Waals surface area contributed by atoms with Crippen molar-refractivity contribution in [2.75, 3.05) is 20.8 Å². The van der Waals surface area contributed by atoms with Gasteiger partial charge in [0.15, 0.2) is 0 Å². The monoisotopic (exact) mass is 193 g/mol. The first-order valence-electron chi connectivity index (χ1n) is 3.90. The Kier molecular flexibility index (Phi) is 5.25. The molecule has 0 spiro atoms. The highest BCUT2D eigenvalue weighted by Crippen LogP contribution is 2.03. The van der Waals surface area contributed by atoms with E-state index in [0.717, 1.165) is 0 Å². The molecule has 0 aromatic rings. The lowest BCUT2D eigenvalue weighted by Crippen LogP contribution is -2.41. The van der Waals surface area contributed by atoms with Crippen molar-refractivity contribution in [2.45, 2.75) is 25.3 Å². The van der Waals surface area contributed by atoms with Gasteiger partial charge in [0.05, 0.1) is 12.6 Å². The van der Waals surface area contributed by atoms with Gasteiger partial charge in [0.25, 0.3) is 0 Å². The van der Waals surface area contributed by atoms with Crippen LogP contribution in [0.4, 0.5) is 0 Å². The summed E-state index contributed by atoms with van der Waals surface area (Å²) in [6.07, 6.45) is 0. The molecule has 0 aliphatic carbocycles. The second kappa shape index (κ2) is 5.38. The zero-order chi connectivity index (χ0) is 9.72. The first-order valence-corrected chi connectivity index (χ1v) is 4.34. The van der Waals surface area contributed by atoms with E-state index in [0.29, 0.717) is 6.61 Å². The van der Waals surface area contributed by atoms with Crippen molar-refractivity contribution in [2.24, 2.45) is 0 Å². The number of halogens is 1. The molecular formula is C8H16ClNO2. The number of hydrogen-bond donors (Lipinski definition) is 0. The van der Waals surface area contributed by atoms with Gasteiger partial charge in [-0.05, 0) is 13.8 Å². The molecular weight excluding hydrogens is 178 g/mol.